The Labute approximate surface area is 212 Å². The van der Waals surface area contributed by atoms with Crippen LogP contribution in [0.1, 0.15) is 116 Å². The molecule has 35 heavy (non-hydrogen) atoms. The molecule has 0 bridgehead atoms. The highest BCUT2D eigenvalue weighted by molar-refractivity contribution is 5.67. The third-order valence-corrected chi connectivity index (χ3v) is 5.00. The average molecular weight is 493 g/mol. The molecule has 0 rings (SSSR count). The van der Waals surface area contributed by atoms with Crippen molar-refractivity contribution in [3.05, 3.63) is 48.6 Å². The number of hydrogen-bond acceptors (Lipinski definition) is 3. The quantitative estimate of drug-likeness (QED) is 0.104. The van der Waals surface area contributed by atoms with Crippen molar-refractivity contribution in [3.8, 4) is 0 Å². The van der Waals surface area contributed by atoms with Gasteiger partial charge in [0.05, 0.1) is 0 Å². The third-order valence-electron chi connectivity index (χ3n) is 5.00. The van der Waals surface area contributed by atoms with Crippen LogP contribution in [0.5, 0.6) is 0 Å². The van der Waals surface area contributed by atoms with Crippen LogP contribution in [0.15, 0.2) is 48.6 Å². The fraction of sp³-hybridized carbons (Fsp3) is 0.621. The van der Waals surface area contributed by atoms with Gasteiger partial charge in [-0.1, -0.05) is 87.6 Å². The molecule has 0 atom stereocenters. The van der Waals surface area contributed by atoms with Crippen LogP contribution >= 0.6 is 0 Å². The lowest BCUT2D eigenvalue weighted by atomic mass is 10.1. The number of allylic oxidation sites excluding steroid dienone is 8. The minimum atomic E-state index is -0.759. The first-order valence-electron chi connectivity index (χ1n) is 13.2. The first-order chi connectivity index (χ1) is 16.9. The van der Waals surface area contributed by atoms with Crippen molar-refractivity contribution in [2.75, 3.05) is 0 Å². The first kappa shape index (κ1) is 34.5. The summed E-state index contributed by atoms with van der Waals surface area (Å²) < 4.78 is 0. The van der Waals surface area contributed by atoms with Crippen molar-refractivity contribution in [2.24, 2.45) is 0 Å². The fourth-order valence-corrected chi connectivity index (χ4v) is 3.01. The molecule has 0 unspecified atom stereocenters. The average Bonchev–Trinajstić information content (AvgIpc) is 2.80. The highest BCUT2D eigenvalue weighted by Crippen LogP contribution is 2.07. The van der Waals surface area contributed by atoms with Crippen molar-refractivity contribution >= 4 is 17.9 Å². The summed E-state index contributed by atoms with van der Waals surface area (Å²) in [5.41, 5.74) is 0. The number of aliphatic carboxylic acids is 3. The molecule has 0 aliphatic carbocycles. The highest BCUT2D eigenvalue weighted by Gasteiger charge is 1.98. The third kappa shape index (κ3) is 38.9. The van der Waals surface area contributed by atoms with Gasteiger partial charge in [0.2, 0.25) is 0 Å². The van der Waals surface area contributed by atoms with E-state index >= 15 is 0 Å². The van der Waals surface area contributed by atoms with E-state index in [1.807, 2.05) is 0 Å². The van der Waals surface area contributed by atoms with Gasteiger partial charge in [-0.15, -0.1) is 0 Å². The van der Waals surface area contributed by atoms with Crippen LogP contribution in [-0.2, 0) is 14.4 Å². The molecule has 0 saturated heterocycles. The number of hydrogen-bond donors (Lipinski definition) is 3. The molecule has 3 N–H and O–H groups in total. The van der Waals surface area contributed by atoms with E-state index in [9.17, 15) is 14.4 Å². The second-order valence-electron chi connectivity index (χ2n) is 8.43. The van der Waals surface area contributed by atoms with E-state index in [2.05, 4.69) is 55.5 Å². The SMILES string of the molecule is CCCCC/C=C\C/C=C\C/C=C\C/C=C\CCCC(=O)O.O=C(O)CCCCCCCC(=O)O. The maximum absolute atomic E-state index is 10.3. The van der Waals surface area contributed by atoms with E-state index in [1.54, 1.807) is 0 Å². The van der Waals surface area contributed by atoms with Gasteiger partial charge in [0, 0.05) is 19.3 Å². The van der Waals surface area contributed by atoms with E-state index in [-0.39, 0.29) is 19.3 Å². The molecule has 0 aromatic rings. The zero-order chi connectivity index (χ0) is 26.4. The second-order valence-corrected chi connectivity index (χ2v) is 8.43. The number of unbranched alkanes of at least 4 members (excludes halogenated alkanes) is 8. The van der Waals surface area contributed by atoms with Crippen molar-refractivity contribution in [2.45, 2.75) is 116 Å². The van der Waals surface area contributed by atoms with Crippen LogP contribution in [0.3, 0.4) is 0 Å². The normalized spacial score (nSPS) is 11.5. The van der Waals surface area contributed by atoms with Gasteiger partial charge in [0.15, 0.2) is 0 Å². The molecule has 6 heteroatoms. The molecule has 0 heterocycles. The van der Waals surface area contributed by atoms with Gasteiger partial charge < -0.3 is 15.3 Å². The maximum atomic E-state index is 10.3. The van der Waals surface area contributed by atoms with Crippen molar-refractivity contribution in [1.29, 1.82) is 0 Å². The molecular weight excluding hydrogens is 444 g/mol. The predicted octanol–water partition coefficient (Wildman–Crippen LogP) is 8.10. The van der Waals surface area contributed by atoms with Crippen LogP contribution in [-0.4, -0.2) is 33.2 Å². The molecule has 0 radical (unpaired) electrons. The van der Waals surface area contributed by atoms with Crippen LogP contribution in [0.4, 0.5) is 0 Å². The van der Waals surface area contributed by atoms with E-state index in [0.29, 0.717) is 12.8 Å². The minimum Gasteiger partial charge on any atom is -0.481 e. The molecule has 0 fully saturated rings. The molecule has 0 amide bonds. The molecule has 0 aromatic carbocycles. The molecular formula is C29H48O6. The van der Waals surface area contributed by atoms with Crippen LogP contribution in [0, 0.1) is 0 Å². The summed E-state index contributed by atoms with van der Waals surface area (Å²) in [6, 6.07) is 0. The Balaban J connectivity index is 0. The zero-order valence-corrected chi connectivity index (χ0v) is 21.7. The molecule has 6 nitrogen and oxygen atoms in total. The first-order valence-corrected chi connectivity index (χ1v) is 13.2. The monoisotopic (exact) mass is 492 g/mol. The smallest absolute Gasteiger partial charge is 0.303 e. The van der Waals surface area contributed by atoms with E-state index < -0.39 is 17.9 Å². The summed E-state index contributed by atoms with van der Waals surface area (Å²) >= 11 is 0. The Bertz CT molecular complexity index is 613. The van der Waals surface area contributed by atoms with Gasteiger partial charge >= 0.3 is 17.9 Å². The van der Waals surface area contributed by atoms with Crippen molar-refractivity contribution in [3.63, 3.8) is 0 Å². The zero-order valence-electron chi connectivity index (χ0n) is 21.7. The Morgan fingerprint density at radius 3 is 1.20 bits per heavy atom. The topological polar surface area (TPSA) is 112 Å². The Morgan fingerprint density at radius 1 is 0.457 bits per heavy atom. The highest BCUT2D eigenvalue weighted by atomic mass is 16.4. The van der Waals surface area contributed by atoms with Gasteiger partial charge in [-0.2, -0.15) is 0 Å². The second kappa shape index (κ2) is 29.4. The van der Waals surface area contributed by atoms with Gasteiger partial charge in [-0.3, -0.25) is 14.4 Å². The minimum absolute atomic E-state index is 0.221. The van der Waals surface area contributed by atoms with E-state index in [1.165, 1.54) is 25.7 Å². The maximum Gasteiger partial charge on any atom is 0.303 e. The molecule has 200 valence electrons. The van der Waals surface area contributed by atoms with Gasteiger partial charge in [-0.05, 0) is 57.8 Å². The van der Waals surface area contributed by atoms with Crippen LogP contribution in [0.2, 0.25) is 0 Å². The Kier molecular flexibility index (Phi) is 29.0. The molecule has 0 aliphatic rings. The Morgan fingerprint density at radius 2 is 0.800 bits per heavy atom. The number of carboxylic acid groups (broad SMARTS) is 3. The number of carbonyl (C=O) groups is 3. The number of carboxylic acids is 3. The fourth-order valence-electron chi connectivity index (χ4n) is 3.01. The lowest BCUT2D eigenvalue weighted by Gasteiger charge is -1.97. The summed E-state index contributed by atoms with van der Waals surface area (Å²) in [7, 11) is 0. The summed E-state index contributed by atoms with van der Waals surface area (Å²) in [4.78, 5) is 30.5. The van der Waals surface area contributed by atoms with Gasteiger partial charge in [-0.25, -0.2) is 0 Å². The molecule has 0 aromatic heterocycles. The van der Waals surface area contributed by atoms with Crippen LogP contribution in [0.25, 0.3) is 0 Å². The number of rotatable bonds is 22. The molecule has 0 spiro atoms. The summed E-state index contributed by atoms with van der Waals surface area (Å²) in [5, 5.41) is 25.1. The van der Waals surface area contributed by atoms with Crippen molar-refractivity contribution in [1.82, 2.24) is 0 Å². The molecule has 0 aliphatic heterocycles. The lowest BCUT2D eigenvalue weighted by Crippen LogP contribution is -1.95. The largest absolute Gasteiger partial charge is 0.481 e. The predicted molar refractivity (Wildman–Crippen MR) is 144 cm³/mol. The summed E-state index contributed by atoms with van der Waals surface area (Å²) in [6.07, 6.45) is 31.9. The standard InChI is InChI=1S/C20H32O2.C9H16O4/c1-2-3-4-5-6-7-8-9-10-11-12-13-14-15-16-17-18-19-20(21)22;10-8(11)6-4-2-1-3-5-7-9(12)13/h6-7,9-10,12-13,15-16H,2-5,8,11,14,17-19H2,1H3,(H,21,22);1-7H2,(H,10,11)(H,12,13)/b7-6-,10-9-,13-12-,16-15-;. The summed E-state index contributed by atoms with van der Waals surface area (Å²) in [5.74, 6) is -2.23. The van der Waals surface area contributed by atoms with Gasteiger partial charge in [0.25, 0.3) is 0 Å². The Hall–Kier alpha value is -2.63. The van der Waals surface area contributed by atoms with E-state index in [4.69, 9.17) is 15.3 Å². The summed E-state index contributed by atoms with van der Waals surface area (Å²) in [6.45, 7) is 2.23. The van der Waals surface area contributed by atoms with Crippen molar-refractivity contribution < 1.29 is 29.7 Å². The van der Waals surface area contributed by atoms with E-state index in [0.717, 1.165) is 51.4 Å². The lowest BCUT2D eigenvalue weighted by molar-refractivity contribution is -0.138. The molecule has 0 saturated carbocycles. The van der Waals surface area contributed by atoms with Gasteiger partial charge in [0.1, 0.15) is 0 Å². The van der Waals surface area contributed by atoms with Crippen LogP contribution < -0.4 is 0 Å².